The van der Waals surface area contributed by atoms with Crippen LogP contribution in [0.5, 0.6) is 0 Å². The molecule has 2 heterocycles. The first-order chi connectivity index (χ1) is 4.41. The summed E-state index contributed by atoms with van der Waals surface area (Å²) in [6.45, 7) is 3.66. The highest BCUT2D eigenvalue weighted by molar-refractivity contribution is 5.85. The molecular formula is C7H16Cl2N2. The Morgan fingerprint density at radius 1 is 1.00 bits per heavy atom. The maximum absolute atomic E-state index is 3.50. The van der Waals surface area contributed by atoms with E-state index in [1.807, 2.05) is 0 Å². The Morgan fingerprint density at radius 3 is 2.00 bits per heavy atom. The number of hydrogen-bond acceptors (Lipinski definition) is 2. The van der Waals surface area contributed by atoms with E-state index in [1.54, 1.807) is 0 Å². The summed E-state index contributed by atoms with van der Waals surface area (Å²) in [5, 5.41) is 6.91. The fourth-order valence-electron chi connectivity index (χ4n) is 1.81. The van der Waals surface area contributed by atoms with Crippen molar-refractivity contribution in [1.29, 1.82) is 0 Å². The lowest BCUT2D eigenvalue weighted by Crippen LogP contribution is -2.64. The summed E-state index contributed by atoms with van der Waals surface area (Å²) in [7, 11) is 0. The zero-order valence-electron chi connectivity index (χ0n) is 6.56. The van der Waals surface area contributed by atoms with Crippen LogP contribution in [0, 0.1) is 0 Å². The van der Waals surface area contributed by atoms with E-state index in [4.69, 9.17) is 0 Å². The Morgan fingerprint density at radius 2 is 1.73 bits per heavy atom. The van der Waals surface area contributed by atoms with Crippen molar-refractivity contribution in [3.63, 3.8) is 0 Å². The molecule has 0 saturated carbocycles. The van der Waals surface area contributed by atoms with Gasteiger partial charge in [-0.2, -0.15) is 0 Å². The van der Waals surface area contributed by atoms with Crippen LogP contribution in [0.4, 0.5) is 0 Å². The molecule has 2 fully saturated rings. The minimum Gasteiger partial charge on any atom is -0.315 e. The van der Waals surface area contributed by atoms with Crippen molar-refractivity contribution in [2.75, 3.05) is 19.6 Å². The standard InChI is InChI=1S/C7H14N2.2ClH/c1-2-7(3-5-9-7)6-8-4-1;;/h8-9H,1-6H2;2*1H. The number of halogens is 2. The van der Waals surface area contributed by atoms with Gasteiger partial charge in [-0.1, -0.05) is 0 Å². The van der Waals surface area contributed by atoms with Gasteiger partial charge in [0, 0.05) is 12.1 Å². The highest BCUT2D eigenvalue weighted by Gasteiger charge is 2.36. The van der Waals surface area contributed by atoms with Gasteiger partial charge in [-0.3, -0.25) is 0 Å². The van der Waals surface area contributed by atoms with E-state index in [2.05, 4.69) is 10.6 Å². The number of rotatable bonds is 0. The minimum absolute atomic E-state index is 0. The van der Waals surface area contributed by atoms with Crippen molar-refractivity contribution in [1.82, 2.24) is 10.6 Å². The number of nitrogens with one attached hydrogen (secondary N) is 2. The zero-order valence-corrected chi connectivity index (χ0v) is 8.19. The molecule has 68 valence electrons. The quantitative estimate of drug-likeness (QED) is 0.606. The third-order valence-corrected chi connectivity index (χ3v) is 2.58. The summed E-state index contributed by atoms with van der Waals surface area (Å²) >= 11 is 0. The highest BCUT2D eigenvalue weighted by atomic mass is 35.5. The van der Waals surface area contributed by atoms with Gasteiger partial charge in [-0.15, -0.1) is 24.8 Å². The first-order valence-electron chi connectivity index (χ1n) is 3.87. The lowest BCUT2D eigenvalue weighted by molar-refractivity contribution is 0.159. The summed E-state index contributed by atoms with van der Waals surface area (Å²) in [6, 6.07) is 0. The van der Waals surface area contributed by atoms with Crippen LogP contribution >= 0.6 is 24.8 Å². The summed E-state index contributed by atoms with van der Waals surface area (Å²) < 4.78 is 0. The average Bonchev–Trinajstić information content (AvgIpc) is 1.87. The summed E-state index contributed by atoms with van der Waals surface area (Å²) in [5.41, 5.74) is 0.540. The predicted molar refractivity (Wildman–Crippen MR) is 52.0 cm³/mol. The van der Waals surface area contributed by atoms with E-state index in [9.17, 15) is 0 Å². The van der Waals surface area contributed by atoms with Gasteiger partial charge in [-0.05, 0) is 32.4 Å². The molecule has 1 unspecified atom stereocenters. The Bertz CT molecular complexity index is 107. The van der Waals surface area contributed by atoms with Gasteiger partial charge >= 0.3 is 0 Å². The molecule has 1 spiro atoms. The van der Waals surface area contributed by atoms with Crippen LogP contribution in [0.2, 0.25) is 0 Å². The summed E-state index contributed by atoms with van der Waals surface area (Å²) in [6.07, 6.45) is 4.13. The Hall–Kier alpha value is 0.500. The molecule has 2 saturated heterocycles. The summed E-state index contributed by atoms with van der Waals surface area (Å²) in [5.74, 6) is 0. The Kier molecular flexibility index (Phi) is 4.71. The van der Waals surface area contributed by atoms with Gasteiger partial charge in [0.2, 0.25) is 0 Å². The van der Waals surface area contributed by atoms with Crippen molar-refractivity contribution < 1.29 is 0 Å². The smallest absolute Gasteiger partial charge is 0.0318 e. The van der Waals surface area contributed by atoms with E-state index < -0.39 is 0 Å². The monoisotopic (exact) mass is 198 g/mol. The van der Waals surface area contributed by atoms with Gasteiger partial charge in [-0.25, -0.2) is 0 Å². The molecule has 1 atom stereocenters. The topological polar surface area (TPSA) is 24.1 Å². The first-order valence-corrected chi connectivity index (χ1v) is 3.87. The fourth-order valence-corrected chi connectivity index (χ4v) is 1.81. The maximum atomic E-state index is 3.50. The van der Waals surface area contributed by atoms with Gasteiger partial charge in [0.1, 0.15) is 0 Å². The third kappa shape index (κ3) is 2.22. The largest absolute Gasteiger partial charge is 0.315 e. The number of piperidine rings is 1. The lowest BCUT2D eigenvalue weighted by Gasteiger charge is -2.46. The fraction of sp³-hybridized carbons (Fsp3) is 1.00. The Labute approximate surface area is 80.3 Å². The van der Waals surface area contributed by atoms with Gasteiger partial charge in [0.05, 0.1) is 0 Å². The molecule has 2 rings (SSSR count). The van der Waals surface area contributed by atoms with E-state index in [-0.39, 0.29) is 24.8 Å². The highest BCUT2D eigenvalue weighted by Crippen LogP contribution is 2.25. The summed E-state index contributed by atoms with van der Waals surface area (Å²) in [4.78, 5) is 0. The molecule has 2 aliphatic heterocycles. The molecule has 0 aromatic carbocycles. The molecule has 0 bridgehead atoms. The van der Waals surface area contributed by atoms with E-state index >= 15 is 0 Å². The van der Waals surface area contributed by atoms with Crippen LogP contribution in [-0.4, -0.2) is 25.2 Å². The molecule has 2 nitrogen and oxygen atoms in total. The maximum Gasteiger partial charge on any atom is 0.0318 e. The van der Waals surface area contributed by atoms with Crippen LogP contribution in [0.3, 0.4) is 0 Å². The van der Waals surface area contributed by atoms with Crippen LogP contribution in [0.25, 0.3) is 0 Å². The van der Waals surface area contributed by atoms with Crippen LogP contribution in [-0.2, 0) is 0 Å². The molecule has 0 aromatic rings. The Balaban J connectivity index is 0.000000500. The molecule has 2 aliphatic rings. The molecule has 0 aliphatic carbocycles. The third-order valence-electron chi connectivity index (χ3n) is 2.58. The molecular weight excluding hydrogens is 183 g/mol. The van der Waals surface area contributed by atoms with E-state index in [0.29, 0.717) is 5.54 Å². The van der Waals surface area contributed by atoms with Crippen molar-refractivity contribution in [2.45, 2.75) is 24.8 Å². The SMILES string of the molecule is C1CNCC2(C1)CCN2.Cl.Cl. The van der Waals surface area contributed by atoms with Crippen LogP contribution in [0.1, 0.15) is 19.3 Å². The number of hydrogen-bond donors (Lipinski definition) is 2. The lowest BCUT2D eigenvalue weighted by atomic mass is 9.81. The van der Waals surface area contributed by atoms with Crippen molar-refractivity contribution >= 4 is 24.8 Å². The van der Waals surface area contributed by atoms with Gasteiger partial charge < -0.3 is 10.6 Å². The van der Waals surface area contributed by atoms with Crippen molar-refractivity contribution in [2.24, 2.45) is 0 Å². The van der Waals surface area contributed by atoms with Crippen LogP contribution in [0.15, 0.2) is 0 Å². The molecule has 2 N–H and O–H groups in total. The molecule has 0 radical (unpaired) electrons. The van der Waals surface area contributed by atoms with Crippen LogP contribution < -0.4 is 10.6 Å². The molecule has 4 heteroatoms. The predicted octanol–water partition coefficient (Wildman–Crippen LogP) is 0.945. The average molecular weight is 199 g/mol. The molecule has 11 heavy (non-hydrogen) atoms. The normalized spacial score (nSPS) is 34.9. The first kappa shape index (κ1) is 11.5. The van der Waals surface area contributed by atoms with Crippen molar-refractivity contribution in [3.8, 4) is 0 Å². The second-order valence-electron chi connectivity index (χ2n) is 3.24. The van der Waals surface area contributed by atoms with Gasteiger partial charge in [0.25, 0.3) is 0 Å². The molecule has 0 amide bonds. The van der Waals surface area contributed by atoms with E-state index in [0.717, 1.165) is 0 Å². The van der Waals surface area contributed by atoms with Crippen molar-refractivity contribution in [3.05, 3.63) is 0 Å². The zero-order chi connectivity index (χ0) is 6.16. The second kappa shape index (κ2) is 4.51. The minimum atomic E-state index is 0. The van der Waals surface area contributed by atoms with E-state index in [1.165, 1.54) is 38.9 Å². The molecule has 0 aromatic heterocycles. The van der Waals surface area contributed by atoms with Gasteiger partial charge in [0.15, 0.2) is 0 Å². The second-order valence-corrected chi connectivity index (χ2v) is 3.24.